The highest BCUT2D eigenvalue weighted by molar-refractivity contribution is 5.86. The molecule has 0 unspecified atom stereocenters. The van der Waals surface area contributed by atoms with Crippen LogP contribution < -0.4 is 5.56 Å². The highest BCUT2D eigenvalue weighted by Crippen LogP contribution is 2.44. The maximum atomic E-state index is 12.6. The van der Waals surface area contributed by atoms with Gasteiger partial charge in [0.25, 0.3) is 11.5 Å². The molecule has 0 bridgehead atoms. The van der Waals surface area contributed by atoms with Crippen molar-refractivity contribution in [3.05, 3.63) is 34.2 Å². The van der Waals surface area contributed by atoms with Gasteiger partial charge in [0.2, 0.25) is 0 Å². The molecular formula is C10H9F2NO3. The van der Waals surface area contributed by atoms with Crippen LogP contribution in [0, 0.1) is 0 Å². The van der Waals surface area contributed by atoms with E-state index < -0.39 is 41.9 Å². The van der Waals surface area contributed by atoms with E-state index in [1.54, 1.807) is 0 Å². The topological polar surface area (TPSA) is 59.3 Å². The molecule has 1 N–H and O–H groups in total. The zero-order valence-electron chi connectivity index (χ0n) is 8.19. The van der Waals surface area contributed by atoms with Crippen molar-refractivity contribution in [2.75, 3.05) is 0 Å². The van der Waals surface area contributed by atoms with Crippen molar-refractivity contribution >= 4 is 5.97 Å². The van der Waals surface area contributed by atoms with Gasteiger partial charge < -0.3 is 9.67 Å². The second-order valence-corrected chi connectivity index (χ2v) is 3.86. The lowest BCUT2D eigenvalue weighted by molar-refractivity contribution is -0.104. The average molecular weight is 229 g/mol. The van der Waals surface area contributed by atoms with E-state index in [9.17, 15) is 18.4 Å². The maximum Gasteiger partial charge on any atom is 0.341 e. The zero-order chi connectivity index (χ0) is 11.9. The highest BCUT2D eigenvalue weighted by atomic mass is 19.3. The molecule has 1 aliphatic carbocycles. The summed E-state index contributed by atoms with van der Waals surface area (Å²) in [7, 11) is 0. The van der Waals surface area contributed by atoms with E-state index in [1.807, 2.05) is 0 Å². The van der Waals surface area contributed by atoms with Crippen LogP contribution in [-0.4, -0.2) is 21.6 Å². The number of rotatable bonds is 2. The molecule has 0 amide bonds. The largest absolute Gasteiger partial charge is 0.477 e. The first-order valence-corrected chi connectivity index (χ1v) is 4.73. The summed E-state index contributed by atoms with van der Waals surface area (Å²) < 4.78 is 26.3. The second kappa shape index (κ2) is 3.40. The number of hydrogen-bond acceptors (Lipinski definition) is 2. The van der Waals surface area contributed by atoms with Gasteiger partial charge in [0.05, 0.1) is 0 Å². The number of halogens is 2. The number of aromatic nitrogens is 1. The number of carbonyl (C=O) groups is 1. The van der Waals surface area contributed by atoms with Gasteiger partial charge in [0.15, 0.2) is 0 Å². The first-order valence-electron chi connectivity index (χ1n) is 4.73. The van der Waals surface area contributed by atoms with Gasteiger partial charge in [-0.15, -0.1) is 0 Å². The molecule has 0 aromatic carbocycles. The summed E-state index contributed by atoms with van der Waals surface area (Å²) in [6.07, 6.45) is 0.528. The molecule has 1 heterocycles. The van der Waals surface area contributed by atoms with E-state index >= 15 is 0 Å². The van der Waals surface area contributed by atoms with Crippen molar-refractivity contribution in [1.29, 1.82) is 0 Å². The van der Waals surface area contributed by atoms with E-state index in [0.717, 1.165) is 10.6 Å². The lowest BCUT2D eigenvalue weighted by atomic mass is 9.88. The van der Waals surface area contributed by atoms with Crippen molar-refractivity contribution in [1.82, 2.24) is 4.57 Å². The Balaban J connectivity index is 2.34. The third kappa shape index (κ3) is 1.70. The van der Waals surface area contributed by atoms with Gasteiger partial charge >= 0.3 is 5.97 Å². The molecule has 1 aliphatic rings. The fourth-order valence-corrected chi connectivity index (χ4v) is 1.79. The first-order chi connectivity index (χ1) is 7.41. The van der Waals surface area contributed by atoms with Crippen LogP contribution in [0.4, 0.5) is 8.78 Å². The van der Waals surface area contributed by atoms with Crippen LogP contribution >= 0.6 is 0 Å². The van der Waals surface area contributed by atoms with Gasteiger partial charge in [-0.3, -0.25) is 4.79 Å². The van der Waals surface area contributed by atoms with E-state index in [-0.39, 0.29) is 0 Å². The molecule has 86 valence electrons. The summed E-state index contributed by atoms with van der Waals surface area (Å²) in [6, 6.07) is 1.95. The third-order valence-electron chi connectivity index (χ3n) is 2.67. The molecule has 0 atom stereocenters. The molecule has 16 heavy (non-hydrogen) atoms. The van der Waals surface area contributed by atoms with Crippen LogP contribution in [0.5, 0.6) is 0 Å². The number of pyridine rings is 1. The predicted octanol–water partition coefficient (Wildman–Crippen LogP) is 1.52. The lowest BCUT2D eigenvalue weighted by Gasteiger charge is -2.36. The summed E-state index contributed by atoms with van der Waals surface area (Å²) in [5, 5.41) is 8.70. The first kappa shape index (κ1) is 10.8. The summed E-state index contributed by atoms with van der Waals surface area (Å²) >= 11 is 0. The van der Waals surface area contributed by atoms with Gasteiger partial charge in [0, 0.05) is 25.1 Å². The number of carboxylic acids is 1. The van der Waals surface area contributed by atoms with Gasteiger partial charge in [-0.25, -0.2) is 13.6 Å². The fraction of sp³-hybridized carbons (Fsp3) is 0.400. The molecular weight excluding hydrogens is 220 g/mol. The maximum absolute atomic E-state index is 12.6. The van der Waals surface area contributed by atoms with Crippen LogP contribution in [0.3, 0.4) is 0 Å². The second-order valence-electron chi connectivity index (χ2n) is 3.86. The Kier molecular flexibility index (Phi) is 2.29. The van der Waals surface area contributed by atoms with Crippen LogP contribution in [0.25, 0.3) is 0 Å². The van der Waals surface area contributed by atoms with Crippen molar-refractivity contribution in [3.8, 4) is 0 Å². The normalized spacial score (nSPS) is 19.1. The molecule has 6 heteroatoms. The fourth-order valence-electron chi connectivity index (χ4n) is 1.79. The van der Waals surface area contributed by atoms with E-state index in [2.05, 4.69) is 0 Å². The van der Waals surface area contributed by atoms with Gasteiger partial charge in [0.1, 0.15) is 5.56 Å². The van der Waals surface area contributed by atoms with Crippen molar-refractivity contribution in [2.24, 2.45) is 0 Å². The van der Waals surface area contributed by atoms with E-state index in [0.29, 0.717) is 0 Å². The average Bonchev–Trinajstić information content (AvgIpc) is 2.14. The number of nitrogens with zero attached hydrogens (tertiary/aromatic N) is 1. The van der Waals surface area contributed by atoms with Crippen molar-refractivity contribution in [2.45, 2.75) is 24.8 Å². The molecule has 0 spiro atoms. The van der Waals surface area contributed by atoms with Crippen LogP contribution in [0.2, 0.25) is 0 Å². The van der Waals surface area contributed by atoms with E-state index in [4.69, 9.17) is 5.11 Å². The third-order valence-corrected chi connectivity index (χ3v) is 2.67. The standard InChI is InChI=1S/C10H9F2NO3/c11-10(12)4-6(5-10)13-3-1-2-7(8(13)14)9(15)16/h1-3,6H,4-5H2,(H,15,16). The minimum Gasteiger partial charge on any atom is -0.477 e. The number of hydrogen-bond donors (Lipinski definition) is 1. The Morgan fingerprint density at radius 2 is 2.12 bits per heavy atom. The summed E-state index contributed by atoms with van der Waals surface area (Å²) in [5.41, 5.74) is -1.12. The Morgan fingerprint density at radius 1 is 1.50 bits per heavy atom. The monoisotopic (exact) mass is 229 g/mol. The van der Waals surface area contributed by atoms with Gasteiger partial charge in [-0.05, 0) is 12.1 Å². The minimum absolute atomic E-state index is 0.391. The molecule has 4 nitrogen and oxygen atoms in total. The molecule has 1 aromatic heterocycles. The molecule has 0 radical (unpaired) electrons. The zero-order valence-corrected chi connectivity index (χ0v) is 8.19. The van der Waals surface area contributed by atoms with Crippen LogP contribution in [0.15, 0.2) is 23.1 Å². The minimum atomic E-state index is -2.73. The summed E-state index contributed by atoms with van der Waals surface area (Å²) in [4.78, 5) is 22.3. The molecule has 0 aliphatic heterocycles. The molecule has 1 aromatic rings. The SMILES string of the molecule is O=C(O)c1cccn(C2CC(F)(F)C2)c1=O. The summed E-state index contributed by atoms with van der Waals surface area (Å²) in [6.45, 7) is 0. The lowest BCUT2D eigenvalue weighted by Crippen LogP contribution is -2.42. The van der Waals surface area contributed by atoms with Gasteiger partial charge in [-0.1, -0.05) is 0 Å². The molecule has 1 fully saturated rings. The van der Waals surface area contributed by atoms with E-state index in [1.165, 1.54) is 12.3 Å². The molecule has 0 saturated heterocycles. The Morgan fingerprint density at radius 3 is 2.62 bits per heavy atom. The number of carboxylic acid groups (broad SMARTS) is 1. The smallest absolute Gasteiger partial charge is 0.341 e. The summed E-state index contributed by atoms with van der Waals surface area (Å²) in [5.74, 6) is -4.07. The predicted molar refractivity (Wildman–Crippen MR) is 50.9 cm³/mol. The Labute approximate surface area is 89.1 Å². The molecule has 2 rings (SSSR count). The Hall–Kier alpha value is -1.72. The highest BCUT2D eigenvalue weighted by Gasteiger charge is 2.46. The Bertz CT molecular complexity index is 487. The van der Waals surface area contributed by atoms with Crippen LogP contribution in [0.1, 0.15) is 29.2 Å². The number of alkyl halides is 2. The quantitative estimate of drug-likeness (QED) is 0.836. The van der Waals surface area contributed by atoms with Gasteiger partial charge in [-0.2, -0.15) is 0 Å². The number of aromatic carboxylic acids is 1. The van der Waals surface area contributed by atoms with Crippen molar-refractivity contribution < 1.29 is 18.7 Å². The molecule has 1 saturated carbocycles. The van der Waals surface area contributed by atoms with Crippen LogP contribution in [-0.2, 0) is 0 Å². The van der Waals surface area contributed by atoms with Crippen molar-refractivity contribution in [3.63, 3.8) is 0 Å².